The van der Waals surface area contributed by atoms with Crippen molar-refractivity contribution in [1.29, 1.82) is 0 Å². The van der Waals surface area contributed by atoms with E-state index < -0.39 is 0 Å². The Labute approximate surface area is 49.4 Å². The summed E-state index contributed by atoms with van der Waals surface area (Å²) in [5, 5.41) is 3.29. The van der Waals surface area contributed by atoms with Crippen LogP contribution in [-0.2, 0) is 0 Å². The molecular formula is C6H12N2. The summed E-state index contributed by atoms with van der Waals surface area (Å²) in [7, 11) is 0. The third-order valence-electron chi connectivity index (χ3n) is 2.34. The van der Waals surface area contributed by atoms with E-state index in [4.69, 9.17) is 5.73 Å². The first-order valence-corrected chi connectivity index (χ1v) is 3.37. The molecule has 0 spiro atoms. The molecule has 1 aliphatic carbocycles. The van der Waals surface area contributed by atoms with E-state index in [1.165, 1.54) is 19.4 Å². The van der Waals surface area contributed by atoms with E-state index in [0.717, 1.165) is 12.0 Å². The van der Waals surface area contributed by atoms with Gasteiger partial charge in [-0.25, -0.2) is 0 Å². The Bertz CT molecular complexity index is 96.7. The van der Waals surface area contributed by atoms with Crippen LogP contribution in [0.5, 0.6) is 0 Å². The van der Waals surface area contributed by atoms with Gasteiger partial charge in [-0.2, -0.15) is 0 Å². The predicted molar refractivity (Wildman–Crippen MR) is 32.5 cm³/mol. The van der Waals surface area contributed by atoms with Crippen LogP contribution in [0.15, 0.2) is 0 Å². The first-order valence-electron chi connectivity index (χ1n) is 3.37. The molecule has 1 aliphatic heterocycles. The van der Waals surface area contributed by atoms with E-state index in [-0.39, 0.29) is 0 Å². The molecule has 8 heavy (non-hydrogen) atoms. The molecule has 3 atom stereocenters. The van der Waals surface area contributed by atoms with Gasteiger partial charge in [-0.1, -0.05) is 0 Å². The minimum absolute atomic E-state index is 0.523. The number of nitrogens with one attached hydrogen (secondary N) is 1. The zero-order valence-electron chi connectivity index (χ0n) is 4.93. The predicted octanol–water partition coefficient (Wildman–Crippen LogP) is -0.305. The lowest BCUT2D eigenvalue weighted by Gasteiger charge is -2.32. The Morgan fingerprint density at radius 2 is 2.12 bits per heavy atom. The van der Waals surface area contributed by atoms with Crippen LogP contribution in [0.4, 0.5) is 0 Å². The lowest BCUT2D eigenvalue weighted by Crippen LogP contribution is -2.43. The average Bonchev–Trinajstić information content (AvgIpc) is 2.46. The van der Waals surface area contributed by atoms with Crippen molar-refractivity contribution >= 4 is 0 Å². The van der Waals surface area contributed by atoms with Crippen molar-refractivity contribution in [2.75, 3.05) is 6.54 Å². The highest BCUT2D eigenvalue weighted by Crippen LogP contribution is 2.31. The van der Waals surface area contributed by atoms with Crippen molar-refractivity contribution in [3.63, 3.8) is 0 Å². The van der Waals surface area contributed by atoms with E-state index in [2.05, 4.69) is 5.32 Å². The SMILES string of the molecule is NC1CCC1C1CN1. The molecule has 0 amide bonds. The van der Waals surface area contributed by atoms with Gasteiger partial charge in [0.1, 0.15) is 0 Å². The summed E-state index contributed by atoms with van der Waals surface area (Å²) in [4.78, 5) is 0. The smallest absolute Gasteiger partial charge is 0.0236 e. The van der Waals surface area contributed by atoms with Crippen molar-refractivity contribution in [3.05, 3.63) is 0 Å². The molecule has 1 heterocycles. The van der Waals surface area contributed by atoms with Gasteiger partial charge in [0.15, 0.2) is 0 Å². The zero-order valence-corrected chi connectivity index (χ0v) is 4.93. The molecule has 1 saturated heterocycles. The molecule has 3 unspecified atom stereocenters. The third kappa shape index (κ3) is 0.565. The average molecular weight is 112 g/mol. The molecule has 0 aromatic heterocycles. The fraction of sp³-hybridized carbons (Fsp3) is 1.00. The van der Waals surface area contributed by atoms with Crippen LogP contribution in [0.1, 0.15) is 12.8 Å². The largest absolute Gasteiger partial charge is 0.327 e. The highest BCUT2D eigenvalue weighted by molar-refractivity contribution is 5.00. The van der Waals surface area contributed by atoms with Gasteiger partial charge in [0, 0.05) is 18.6 Å². The molecule has 0 aromatic carbocycles. The van der Waals surface area contributed by atoms with E-state index in [0.29, 0.717) is 6.04 Å². The molecule has 3 N–H and O–H groups in total. The van der Waals surface area contributed by atoms with Crippen molar-refractivity contribution in [2.24, 2.45) is 11.7 Å². The molecule has 0 bridgehead atoms. The van der Waals surface area contributed by atoms with Gasteiger partial charge < -0.3 is 11.1 Å². The summed E-state index contributed by atoms with van der Waals surface area (Å²) in [6, 6.07) is 1.33. The first-order chi connectivity index (χ1) is 3.88. The number of rotatable bonds is 1. The lowest BCUT2D eigenvalue weighted by molar-refractivity contribution is 0.253. The maximum absolute atomic E-state index is 5.72. The molecule has 2 rings (SSSR count). The van der Waals surface area contributed by atoms with Crippen LogP contribution >= 0.6 is 0 Å². The van der Waals surface area contributed by atoms with Crippen molar-refractivity contribution in [1.82, 2.24) is 5.32 Å². The Kier molecular flexibility index (Phi) is 0.866. The molecule has 2 nitrogen and oxygen atoms in total. The Morgan fingerprint density at radius 3 is 2.25 bits per heavy atom. The molecule has 0 aromatic rings. The monoisotopic (exact) mass is 112 g/mol. The lowest BCUT2D eigenvalue weighted by atomic mass is 9.78. The fourth-order valence-electron chi connectivity index (χ4n) is 1.42. The van der Waals surface area contributed by atoms with Crippen LogP contribution < -0.4 is 11.1 Å². The van der Waals surface area contributed by atoms with Crippen molar-refractivity contribution in [2.45, 2.75) is 24.9 Å². The Balaban J connectivity index is 1.87. The zero-order chi connectivity index (χ0) is 5.56. The highest BCUT2D eigenvalue weighted by atomic mass is 15.1. The van der Waals surface area contributed by atoms with Gasteiger partial charge in [0.25, 0.3) is 0 Å². The first kappa shape index (κ1) is 4.77. The molecule has 1 saturated carbocycles. The quantitative estimate of drug-likeness (QED) is 0.457. The second kappa shape index (κ2) is 1.45. The maximum atomic E-state index is 5.72. The standard InChI is InChI=1S/C6H12N2/c7-5-2-1-4(5)6-3-8-6/h4-6,8H,1-3,7H2. The van der Waals surface area contributed by atoms with Crippen LogP contribution in [0.3, 0.4) is 0 Å². The molecule has 2 heteroatoms. The topological polar surface area (TPSA) is 48.0 Å². The minimum atomic E-state index is 0.523. The normalized spacial score (nSPS) is 52.9. The minimum Gasteiger partial charge on any atom is -0.327 e. The second-order valence-electron chi connectivity index (χ2n) is 2.92. The summed E-state index contributed by atoms with van der Waals surface area (Å²) in [6.07, 6.45) is 2.61. The summed E-state index contributed by atoms with van der Waals surface area (Å²) in [6.45, 7) is 1.22. The van der Waals surface area contributed by atoms with Gasteiger partial charge in [0.05, 0.1) is 0 Å². The van der Waals surface area contributed by atoms with Gasteiger partial charge in [-0.3, -0.25) is 0 Å². The summed E-state index contributed by atoms with van der Waals surface area (Å²) >= 11 is 0. The van der Waals surface area contributed by atoms with Gasteiger partial charge in [-0.05, 0) is 18.8 Å². The molecular weight excluding hydrogens is 100 g/mol. The van der Waals surface area contributed by atoms with E-state index in [1.54, 1.807) is 0 Å². The van der Waals surface area contributed by atoms with E-state index in [1.807, 2.05) is 0 Å². The molecule has 46 valence electrons. The van der Waals surface area contributed by atoms with E-state index in [9.17, 15) is 0 Å². The third-order valence-corrected chi connectivity index (χ3v) is 2.34. The highest BCUT2D eigenvalue weighted by Gasteiger charge is 2.39. The second-order valence-corrected chi connectivity index (χ2v) is 2.92. The molecule has 2 fully saturated rings. The van der Waals surface area contributed by atoms with Crippen LogP contribution in [0, 0.1) is 5.92 Å². The summed E-state index contributed by atoms with van der Waals surface area (Å²) in [5.74, 6) is 0.829. The molecule has 2 aliphatic rings. The maximum Gasteiger partial charge on any atom is 0.0236 e. The van der Waals surface area contributed by atoms with Crippen molar-refractivity contribution < 1.29 is 0 Å². The Morgan fingerprint density at radius 1 is 1.38 bits per heavy atom. The van der Waals surface area contributed by atoms with E-state index >= 15 is 0 Å². The van der Waals surface area contributed by atoms with Gasteiger partial charge in [-0.15, -0.1) is 0 Å². The summed E-state index contributed by atoms with van der Waals surface area (Å²) in [5.41, 5.74) is 5.72. The number of hydrogen-bond acceptors (Lipinski definition) is 2. The fourth-order valence-corrected chi connectivity index (χ4v) is 1.42. The number of nitrogens with two attached hydrogens (primary N) is 1. The Hall–Kier alpha value is -0.0800. The van der Waals surface area contributed by atoms with Crippen LogP contribution in [0.2, 0.25) is 0 Å². The number of hydrogen-bond donors (Lipinski definition) is 2. The van der Waals surface area contributed by atoms with Crippen LogP contribution in [0.25, 0.3) is 0 Å². The molecule has 0 radical (unpaired) electrons. The summed E-state index contributed by atoms with van der Waals surface area (Å²) < 4.78 is 0. The van der Waals surface area contributed by atoms with Crippen LogP contribution in [-0.4, -0.2) is 18.6 Å². The van der Waals surface area contributed by atoms with Gasteiger partial charge >= 0.3 is 0 Å². The van der Waals surface area contributed by atoms with Crippen molar-refractivity contribution in [3.8, 4) is 0 Å². The van der Waals surface area contributed by atoms with Gasteiger partial charge in [0.2, 0.25) is 0 Å².